The molecule has 27 heavy (non-hydrogen) atoms. The fraction of sp³-hybridized carbons (Fsp3) is 0.682. The molecule has 2 aliphatic heterocycles. The van der Waals surface area contributed by atoms with Crippen molar-refractivity contribution in [2.75, 3.05) is 39.5 Å². The number of nitrogens with zero attached hydrogens (tertiary/aromatic N) is 1. The lowest BCUT2D eigenvalue weighted by Crippen LogP contribution is -2.53. The molecule has 0 unspecified atom stereocenters. The molecule has 2 atom stereocenters. The molecule has 1 saturated carbocycles. The molecular weight excluding hydrogens is 340 g/mol. The molecule has 2 heterocycles. The number of rotatable bonds is 7. The summed E-state index contributed by atoms with van der Waals surface area (Å²) in [6, 6.07) is 10.7. The molecule has 1 amide bonds. The van der Waals surface area contributed by atoms with Crippen LogP contribution in [0.15, 0.2) is 30.3 Å². The van der Waals surface area contributed by atoms with Crippen molar-refractivity contribution in [3.8, 4) is 0 Å². The molecule has 1 N–H and O–H groups in total. The normalized spacial score (nSPS) is 27.4. The van der Waals surface area contributed by atoms with E-state index in [0.29, 0.717) is 19.1 Å². The van der Waals surface area contributed by atoms with Crippen molar-refractivity contribution in [3.05, 3.63) is 35.9 Å². The predicted octanol–water partition coefficient (Wildman–Crippen LogP) is 2.57. The van der Waals surface area contributed by atoms with E-state index in [4.69, 9.17) is 9.47 Å². The molecule has 0 aromatic heterocycles. The molecule has 5 nitrogen and oxygen atoms in total. The van der Waals surface area contributed by atoms with Crippen LogP contribution in [0.3, 0.4) is 0 Å². The van der Waals surface area contributed by atoms with E-state index in [2.05, 4.69) is 40.5 Å². The van der Waals surface area contributed by atoms with Gasteiger partial charge in [0.15, 0.2) is 0 Å². The van der Waals surface area contributed by atoms with Crippen LogP contribution in [0.1, 0.15) is 43.6 Å². The monoisotopic (exact) mass is 372 g/mol. The van der Waals surface area contributed by atoms with Crippen molar-refractivity contribution in [1.29, 1.82) is 0 Å². The van der Waals surface area contributed by atoms with Gasteiger partial charge in [0.25, 0.3) is 0 Å². The summed E-state index contributed by atoms with van der Waals surface area (Å²) < 4.78 is 11.6. The highest BCUT2D eigenvalue weighted by Crippen LogP contribution is 2.30. The van der Waals surface area contributed by atoms with Crippen molar-refractivity contribution in [3.63, 3.8) is 0 Å². The highest BCUT2D eigenvalue weighted by atomic mass is 16.5. The van der Waals surface area contributed by atoms with Crippen molar-refractivity contribution >= 4 is 5.91 Å². The van der Waals surface area contributed by atoms with Gasteiger partial charge in [-0.3, -0.25) is 9.69 Å². The zero-order valence-corrected chi connectivity index (χ0v) is 16.1. The fourth-order valence-electron chi connectivity index (χ4n) is 4.20. The maximum atomic E-state index is 12.6. The topological polar surface area (TPSA) is 50.8 Å². The van der Waals surface area contributed by atoms with Gasteiger partial charge in [-0.1, -0.05) is 30.3 Å². The SMILES string of the molecule is O=C(CN1CCC(c2ccccc2)CC1)N[C@@H]1COCC[C@@H]1OCC1CC1. The minimum Gasteiger partial charge on any atom is -0.379 e. The van der Waals surface area contributed by atoms with E-state index in [9.17, 15) is 4.79 Å². The number of carbonyl (C=O) groups excluding carboxylic acids is 1. The smallest absolute Gasteiger partial charge is 0.234 e. The lowest BCUT2D eigenvalue weighted by Gasteiger charge is -2.34. The van der Waals surface area contributed by atoms with Crippen molar-refractivity contribution in [1.82, 2.24) is 10.2 Å². The van der Waals surface area contributed by atoms with E-state index < -0.39 is 0 Å². The van der Waals surface area contributed by atoms with Crippen molar-refractivity contribution in [2.24, 2.45) is 5.92 Å². The van der Waals surface area contributed by atoms with E-state index in [1.165, 1.54) is 18.4 Å². The Labute approximate surface area is 162 Å². The number of amides is 1. The summed E-state index contributed by atoms with van der Waals surface area (Å²) in [5, 5.41) is 3.17. The summed E-state index contributed by atoms with van der Waals surface area (Å²) in [7, 11) is 0. The molecule has 3 fully saturated rings. The molecule has 0 bridgehead atoms. The second-order valence-corrected chi connectivity index (χ2v) is 8.31. The number of likely N-dealkylation sites (tertiary alicyclic amines) is 1. The van der Waals surface area contributed by atoms with Gasteiger partial charge in [-0.15, -0.1) is 0 Å². The number of carbonyl (C=O) groups is 1. The molecule has 1 aromatic rings. The van der Waals surface area contributed by atoms with E-state index in [-0.39, 0.29) is 18.1 Å². The standard InChI is InChI=1S/C22H32N2O3/c25-22(23-20-16-26-13-10-21(20)27-15-17-6-7-17)14-24-11-8-19(9-12-24)18-4-2-1-3-5-18/h1-5,17,19-21H,6-16H2,(H,23,25)/t20-,21+/m1/s1. The van der Waals surface area contributed by atoms with Crippen LogP contribution in [0, 0.1) is 5.92 Å². The average Bonchev–Trinajstić information content (AvgIpc) is 3.53. The van der Waals surface area contributed by atoms with Gasteiger partial charge in [0.1, 0.15) is 0 Å². The second kappa shape index (κ2) is 9.18. The number of ether oxygens (including phenoxy) is 2. The molecule has 148 valence electrons. The molecule has 1 aromatic carbocycles. The van der Waals surface area contributed by atoms with Crippen LogP contribution in [0.25, 0.3) is 0 Å². The minimum atomic E-state index is -0.00754. The summed E-state index contributed by atoms with van der Waals surface area (Å²) in [4.78, 5) is 14.8. The first kappa shape index (κ1) is 18.9. The van der Waals surface area contributed by atoms with Crippen LogP contribution >= 0.6 is 0 Å². The molecule has 5 heteroatoms. The van der Waals surface area contributed by atoms with Gasteiger partial charge in [-0.05, 0) is 62.6 Å². The van der Waals surface area contributed by atoms with Gasteiger partial charge in [0.05, 0.1) is 25.3 Å². The molecular formula is C22H32N2O3. The Morgan fingerprint density at radius 1 is 1.11 bits per heavy atom. The fourth-order valence-corrected chi connectivity index (χ4v) is 4.20. The third-order valence-electron chi connectivity index (χ3n) is 6.11. The highest BCUT2D eigenvalue weighted by molar-refractivity contribution is 5.78. The zero-order chi connectivity index (χ0) is 18.5. The Morgan fingerprint density at radius 2 is 1.89 bits per heavy atom. The largest absolute Gasteiger partial charge is 0.379 e. The molecule has 2 saturated heterocycles. The Hall–Kier alpha value is -1.43. The first-order chi connectivity index (χ1) is 13.3. The second-order valence-electron chi connectivity index (χ2n) is 8.31. The number of hydrogen-bond donors (Lipinski definition) is 1. The van der Waals surface area contributed by atoms with Crippen LogP contribution in [-0.2, 0) is 14.3 Å². The van der Waals surface area contributed by atoms with Crippen LogP contribution in [-0.4, -0.2) is 62.4 Å². The zero-order valence-electron chi connectivity index (χ0n) is 16.1. The number of hydrogen-bond acceptors (Lipinski definition) is 4. The third kappa shape index (κ3) is 5.53. The van der Waals surface area contributed by atoms with E-state index in [0.717, 1.165) is 51.5 Å². The first-order valence-electron chi connectivity index (χ1n) is 10.5. The van der Waals surface area contributed by atoms with E-state index >= 15 is 0 Å². The summed E-state index contributed by atoms with van der Waals surface area (Å²) in [6.45, 7) is 4.58. The molecule has 1 aliphatic carbocycles. The minimum absolute atomic E-state index is 0.00754. The van der Waals surface area contributed by atoms with Gasteiger partial charge in [0.2, 0.25) is 5.91 Å². The van der Waals surface area contributed by atoms with Crippen LogP contribution in [0.2, 0.25) is 0 Å². The van der Waals surface area contributed by atoms with Crippen LogP contribution < -0.4 is 5.32 Å². The first-order valence-corrected chi connectivity index (χ1v) is 10.5. The average molecular weight is 373 g/mol. The predicted molar refractivity (Wildman–Crippen MR) is 105 cm³/mol. The van der Waals surface area contributed by atoms with Crippen LogP contribution in [0.5, 0.6) is 0 Å². The number of nitrogens with one attached hydrogen (secondary N) is 1. The Morgan fingerprint density at radius 3 is 2.63 bits per heavy atom. The Kier molecular flexibility index (Phi) is 6.43. The Balaban J connectivity index is 1.20. The van der Waals surface area contributed by atoms with Gasteiger partial charge in [-0.2, -0.15) is 0 Å². The lowest BCUT2D eigenvalue weighted by atomic mass is 9.89. The van der Waals surface area contributed by atoms with Crippen LogP contribution in [0.4, 0.5) is 0 Å². The number of piperidine rings is 1. The van der Waals surface area contributed by atoms with E-state index in [1.54, 1.807) is 0 Å². The lowest BCUT2D eigenvalue weighted by molar-refractivity contribution is -0.127. The van der Waals surface area contributed by atoms with Gasteiger partial charge in [-0.25, -0.2) is 0 Å². The maximum Gasteiger partial charge on any atom is 0.234 e. The quantitative estimate of drug-likeness (QED) is 0.799. The highest BCUT2D eigenvalue weighted by Gasteiger charge is 2.31. The van der Waals surface area contributed by atoms with Gasteiger partial charge >= 0.3 is 0 Å². The maximum absolute atomic E-state index is 12.6. The Bertz CT molecular complexity index is 597. The molecule has 3 aliphatic rings. The summed E-state index contributed by atoms with van der Waals surface area (Å²) >= 11 is 0. The molecule has 0 radical (unpaired) electrons. The molecule has 4 rings (SSSR count). The van der Waals surface area contributed by atoms with Gasteiger partial charge < -0.3 is 14.8 Å². The third-order valence-corrected chi connectivity index (χ3v) is 6.11. The summed E-state index contributed by atoms with van der Waals surface area (Å²) in [5.41, 5.74) is 1.43. The van der Waals surface area contributed by atoms with Crippen molar-refractivity contribution in [2.45, 2.75) is 50.2 Å². The summed E-state index contributed by atoms with van der Waals surface area (Å²) in [5.74, 6) is 1.47. The molecule has 0 spiro atoms. The summed E-state index contributed by atoms with van der Waals surface area (Å²) in [6.07, 6.45) is 5.80. The van der Waals surface area contributed by atoms with Crippen molar-refractivity contribution < 1.29 is 14.3 Å². The van der Waals surface area contributed by atoms with Gasteiger partial charge in [0, 0.05) is 13.2 Å². The van der Waals surface area contributed by atoms with E-state index in [1.807, 2.05) is 0 Å². The number of benzene rings is 1.